The van der Waals surface area contributed by atoms with Crippen LogP contribution in [-0.2, 0) is 5.41 Å². The van der Waals surface area contributed by atoms with Crippen LogP contribution in [0.3, 0.4) is 0 Å². The van der Waals surface area contributed by atoms with E-state index in [0.29, 0.717) is 0 Å². The standard InChI is InChI=1S/C57H52N2O2/c1-3-5-39-60-51-33-27-47(28-34-51)58(45-23-15-9-16-24-45)49-31-37-53-54-38-32-50(59(46-25-17-10-18-26-46)48-29-35-52(36-30-48)61-40-6-4-2)42-56(54)57(55(53)41-49,43-19-11-7-12-20-43)44-21-13-8-14-22-44/h7-38,41-42H,3-6,39-40H2,1-2H3. The Morgan fingerprint density at radius 1 is 0.361 bits per heavy atom. The highest BCUT2D eigenvalue weighted by Crippen LogP contribution is 2.58. The van der Waals surface area contributed by atoms with Gasteiger partial charge in [-0.15, -0.1) is 0 Å². The summed E-state index contributed by atoms with van der Waals surface area (Å²) >= 11 is 0. The van der Waals surface area contributed by atoms with Crippen LogP contribution < -0.4 is 19.3 Å². The average Bonchev–Trinajstić information content (AvgIpc) is 3.61. The zero-order valence-electron chi connectivity index (χ0n) is 35.1. The van der Waals surface area contributed by atoms with Gasteiger partial charge < -0.3 is 19.3 Å². The third-order valence-electron chi connectivity index (χ3n) is 11.8. The molecule has 0 bridgehead atoms. The van der Waals surface area contributed by atoms with Crippen LogP contribution in [-0.4, -0.2) is 13.2 Å². The Balaban J connectivity index is 1.23. The zero-order chi connectivity index (χ0) is 41.4. The van der Waals surface area contributed by atoms with E-state index in [2.05, 4.69) is 230 Å². The van der Waals surface area contributed by atoms with E-state index in [4.69, 9.17) is 9.47 Å². The summed E-state index contributed by atoms with van der Waals surface area (Å²) < 4.78 is 12.2. The lowest BCUT2D eigenvalue weighted by molar-refractivity contribution is 0.309. The summed E-state index contributed by atoms with van der Waals surface area (Å²) in [6.45, 7) is 5.81. The first-order chi connectivity index (χ1) is 30.2. The van der Waals surface area contributed by atoms with Gasteiger partial charge in [0.15, 0.2) is 0 Å². The van der Waals surface area contributed by atoms with Crippen molar-refractivity contribution in [1.29, 1.82) is 0 Å². The number of hydrogen-bond acceptors (Lipinski definition) is 4. The molecule has 0 amide bonds. The van der Waals surface area contributed by atoms with Gasteiger partial charge in [-0.3, -0.25) is 0 Å². The Kier molecular flexibility index (Phi) is 11.7. The van der Waals surface area contributed by atoms with Gasteiger partial charge in [0.1, 0.15) is 11.5 Å². The summed E-state index contributed by atoms with van der Waals surface area (Å²) in [6.07, 6.45) is 4.27. The molecule has 0 aliphatic heterocycles. The molecule has 0 radical (unpaired) electrons. The zero-order valence-corrected chi connectivity index (χ0v) is 35.1. The second-order valence-electron chi connectivity index (χ2n) is 15.7. The van der Waals surface area contributed by atoms with Crippen molar-refractivity contribution in [2.24, 2.45) is 0 Å². The average molecular weight is 797 g/mol. The molecule has 0 saturated heterocycles. The van der Waals surface area contributed by atoms with Crippen molar-refractivity contribution in [2.45, 2.75) is 44.9 Å². The molecule has 1 aliphatic rings. The number of unbranched alkanes of at least 4 members (excludes halogenated alkanes) is 2. The van der Waals surface area contributed by atoms with Gasteiger partial charge in [-0.1, -0.05) is 136 Å². The third kappa shape index (κ3) is 7.78. The fraction of sp³-hybridized carbons (Fsp3) is 0.158. The van der Waals surface area contributed by atoms with Crippen molar-refractivity contribution < 1.29 is 9.47 Å². The maximum absolute atomic E-state index is 6.09. The summed E-state index contributed by atoms with van der Waals surface area (Å²) in [4.78, 5) is 4.72. The SMILES string of the molecule is CCCCOc1ccc(N(c2ccccc2)c2ccc3c(c2)C(c2ccccc2)(c2ccccc2)c2cc(N(c4ccccc4)c4ccc(OCCCC)cc4)ccc2-3)cc1. The number of hydrogen-bond donors (Lipinski definition) is 0. The second-order valence-corrected chi connectivity index (χ2v) is 15.7. The summed E-state index contributed by atoms with van der Waals surface area (Å²) in [5.41, 5.74) is 13.2. The number of nitrogens with zero attached hydrogens (tertiary/aromatic N) is 2. The maximum Gasteiger partial charge on any atom is 0.119 e. The largest absolute Gasteiger partial charge is 0.494 e. The van der Waals surface area contributed by atoms with Gasteiger partial charge in [-0.05, 0) is 143 Å². The first-order valence-electron chi connectivity index (χ1n) is 21.8. The Morgan fingerprint density at radius 3 is 1.05 bits per heavy atom. The molecule has 0 spiro atoms. The second kappa shape index (κ2) is 18.1. The maximum atomic E-state index is 6.09. The van der Waals surface area contributed by atoms with Crippen molar-refractivity contribution in [3.8, 4) is 22.6 Å². The molecule has 9 rings (SSSR count). The van der Waals surface area contributed by atoms with Gasteiger partial charge in [0, 0.05) is 34.1 Å². The lowest BCUT2D eigenvalue weighted by Gasteiger charge is -2.35. The molecule has 0 N–H and O–H groups in total. The van der Waals surface area contributed by atoms with Crippen LogP contribution in [0, 0.1) is 0 Å². The Bertz CT molecular complexity index is 2460. The molecular weight excluding hydrogens is 745 g/mol. The van der Waals surface area contributed by atoms with E-state index < -0.39 is 5.41 Å². The quantitative estimate of drug-likeness (QED) is 0.0910. The van der Waals surface area contributed by atoms with Crippen molar-refractivity contribution in [3.63, 3.8) is 0 Å². The van der Waals surface area contributed by atoms with E-state index in [0.717, 1.165) is 84.5 Å². The smallest absolute Gasteiger partial charge is 0.119 e. The summed E-state index contributed by atoms with van der Waals surface area (Å²) in [6, 6.07) is 74.6. The number of benzene rings is 8. The van der Waals surface area contributed by atoms with E-state index in [1.807, 2.05) is 0 Å². The minimum atomic E-state index is -0.627. The number of ether oxygens (including phenoxy) is 2. The van der Waals surface area contributed by atoms with E-state index >= 15 is 0 Å². The fourth-order valence-electron chi connectivity index (χ4n) is 8.84. The van der Waals surface area contributed by atoms with E-state index in [1.54, 1.807) is 0 Å². The van der Waals surface area contributed by atoms with Crippen LogP contribution in [0.5, 0.6) is 11.5 Å². The predicted molar refractivity (Wildman–Crippen MR) is 254 cm³/mol. The highest BCUT2D eigenvalue weighted by Gasteiger charge is 2.47. The molecule has 4 heteroatoms. The number of rotatable bonds is 16. The molecule has 302 valence electrons. The topological polar surface area (TPSA) is 24.9 Å². The summed E-state index contributed by atoms with van der Waals surface area (Å²) in [5, 5.41) is 0. The lowest BCUT2D eigenvalue weighted by atomic mass is 9.67. The molecule has 8 aromatic rings. The van der Waals surface area contributed by atoms with Gasteiger partial charge in [0.25, 0.3) is 0 Å². The van der Waals surface area contributed by atoms with Crippen molar-refractivity contribution >= 4 is 34.1 Å². The van der Waals surface area contributed by atoms with Crippen LogP contribution in [0.4, 0.5) is 34.1 Å². The lowest BCUT2D eigenvalue weighted by Crippen LogP contribution is -2.29. The van der Waals surface area contributed by atoms with Crippen molar-refractivity contribution in [1.82, 2.24) is 0 Å². The van der Waals surface area contributed by atoms with Crippen LogP contribution in [0.2, 0.25) is 0 Å². The van der Waals surface area contributed by atoms with E-state index in [9.17, 15) is 0 Å². The highest BCUT2D eigenvalue weighted by atomic mass is 16.5. The highest BCUT2D eigenvalue weighted by molar-refractivity contribution is 5.92. The van der Waals surface area contributed by atoms with Crippen LogP contribution >= 0.6 is 0 Å². The molecular formula is C57H52N2O2. The predicted octanol–water partition coefficient (Wildman–Crippen LogP) is 15.3. The first kappa shape index (κ1) is 39.4. The monoisotopic (exact) mass is 796 g/mol. The van der Waals surface area contributed by atoms with E-state index in [-0.39, 0.29) is 0 Å². The Hall–Kier alpha value is -7.04. The van der Waals surface area contributed by atoms with Crippen LogP contribution in [0.15, 0.2) is 206 Å². The molecule has 1 aliphatic carbocycles. The molecule has 0 atom stereocenters. The number of anilines is 6. The van der Waals surface area contributed by atoms with Crippen molar-refractivity contribution in [2.75, 3.05) is 23.0 Å². The molecule has 0 aromatic heterocycles. The molecule has 0 unspecified atom stereocenters. The fourth-order valence-corrected chi connectivity index (χ4v) is 8.84. The third-order valence-corrected chi connectivity index (χ3v) is 11.8. The van der Waals surface area contributed by atoms with Gasteiger partial charge in [0.2, 0.25) is 0 Å². The summed E-state index contributed by atoms with van der Waals surface area (Å²) in [5.74, 6) is 1.77. The molecule has 0 heterocycles. The normalized spacial score (nSPS) is 12.3. The molecule has 4 nitrogen and oxygen atoms in total. The van der Waals surface area contributed by atoms with Gasteiger partial charge in [-0.2, -0.15) is 0 Å². The number of para-hydroxylation sites is 2. The van der Waals surface area contributed by atoms with Gasteiger partial charge >= 0.3 is 0 Å². The molecule has 61 heavy (non-hydrogen) atoms. The van der Waals surface area contributed by atoms with Gasteiger partial charge in [0.05, 0.1) is 18.6 Å². The minimum absolute atomic E-state index is 0.627. The van der Waals surface area contributed by atoms with Crippen molar-refractivity contribution in [3.05, 3.63) is 229 Å². The first-order valence-corrected chi connectivity index (χ1v) is 21.8. The van der Waals surface area contributed by atoms with Crippen LogP contribution in [0.25, 0.3) is 11.1 Å². The van der Waals surface area contributed by atoms with Gasteiger partial charge in [-0.25, -0.2) is 0 Å². The Labute approximate surface area is 361 Å². The van der Waals surface area contributed by atoms with E-state index in [1.165, 1.54) is 33.4 Å². The molecule has 0 saturated carbocycles. The Morgan fingerprint density at radius 2 is 0.689 bits per heavy atom. The number of fused-ring (bicyclic) bond motifs is 3. The van der Waals surface area contributed by atoms with Crippen LogP contribution in [0.1, 0.15) is 61.8 Å². The molecule has 0 fully saturated rings. The minimum Gasteiger partial charge on any atom is -0.494 e. The molecule has 8 aromatic carbocycles. The summed E-state index contributed by atoms with van der Waals surface area (Å²) in [7, 11) is 0.